The molecular formula is C17H13ClFNO. The predicted octanol–water partition coefficient (Wildman–Crippen LogP) is 3.19. The minimum Gasteiger partial charge on any atom is -0.345 e. The van der Waals surface area contributed by atoms with Crippen LogP contribution in [0.15, 0.2) is 48.5 Å². The van der Waals surface area contributed by atoms with Gasteiger partial charge in [-0.15, -0.1) is 0 Å². The third-order valence-electron chi connectivity index (χ3n) is 2.78. The maximum absolute atomic E-state index is 13.3. The Hall–Kier alpha value is -2.31. The molecule has 0 saturated heterocycles. The van der Waals surface area contributed by atoms with Crippen LogP contribution < -0.4 is 5.32 Å². The quantitative estimate of drug-likeness (QED) is 0.867. The van der Waals surface area contributed by atoms with Crippen LogP contribution in [-0.2, 0) is 11.2 Å². The van der Waals surface area contributed by atoms with Gasteiger partial charge >= 0.3 is 0 Å². The van der Waals surface area contributed by atoms with Gasteiger partial charge in [0.05, 0.1) is 18.5 Å². The first kappa shape index (κ1) is 15.1. The highest BCUT2D eigenvalue weighted by Gasteiger charge is 2.05. The number of halogens is 2. The predicted molar refractivity (Wildman–Crippen MR) is 81.4 cm³/mol. The van der Waals surface area contributed by atoms with Crippen molar-refractivity contribution in [1.82, 2.24) is 5.32 Å². The number of carbonyl (C=O) groups is 1. The minimum atomic E-state index is -0.368. The molecule has 2 aromatic rings. The normalized spacial score (nSPS) is 9.62. The molecule has 21 heavy (non-hydrogen) atoms. The topological polar surface area (TPSA) is 29.1 Å². The average molecular weight is 302 g/mol. The number of benzene rings is 2. The smallest absolute Gasteiger partial charge is 0.225 e. The third kappa shape index (κ3) is 4.62. The van der Waals surface area contributed by atoms with Gasteiger partial charge in [-0.1, -0.05) is 53.8 Å². The minimum absolute atomic E-state index is 0.164. The molecule has 0 aromatic heterocycles. The molecule has 1 N–H and O–H groups in total. The molecule has 0 heterocycles. The van der Waals surface area contributed by atoms with Gasteiger partial charge in [-0.3, -0.25) is 4.79 Å². The highest BCUT2D eigenvalue weighted by atomic mass is 35.5. The molecule has 2 aromatic carbocycles. The first-order valence-electron chi connectivity index (χ1n) is 6.40. The molecule has 4 heteroatoms. The zero-order valence-electron chi connectivity index (χ0n) is 11.2. The van der Waals surface area contributed by atoms with Crippen LogP contribution >= 0.6 is 11.6 Å². The first-order valence-corrected chi connectivity index (χ1v) is 6.78. The van der Waals surface area contributed by atoms with Crippen molar-refractivity contribution in [2.75, 3.05) is 6.54 Å². The molecule has 2 rings (SSSR count). The van der Waals surface area contributed by atoms with Gasteiger partial charge in [0.15, 0.2) is 0 Å². The van der Waals surface area contributed by atoms with Gasteiger partial charge in [-0.25, -0.2) is 4.39 Å². The number of nitrogens with one attached hydrogen (secondary N) is 1. The fourth-order valence-electron chi connectivity index (χ4n) is 1.72. The summed E-state index contributed by atoms with van der Waals surface area (Å²) in [6.45, 7) is 0.164. The van der Waals surface area contributed by atoms with Gasteiger partial charge in [0, 0.05) is 5.02 Å². The molecular weight excluding hydrogens is 289 g/mol. The summed E-state index contributed by atoms with van der Waals surface area (Å²) < 4.78 is 13.3. The monoisotopic (exact) mass is 301 g/mol. The molecule has 0 saturated carbocycles. The van der Waals surface area contributed by atoms with Gasteiger partial charge < -0.3 is 5.32 Å². The first-order chi connectivity index (χ1) is 10.2. The lowest BCUT2D eigenvalue weighted by atomic mass is 10.1. The lowest BCUT2D eigenvalue weighted by molar-refractivity contribution is -0.120. The van der Waals surface area contributed by atoms with Crippen LogP contribution in [-0.4, -0.2) is 12.5 Å². The van der Waals surface area contributed by atoms with Crippen molar-refractivity contribution in [1.29, 1.82) is 0 Å². The van der Waals surface area contributed by atoms with Gasteiger partial charge in [-0.05, 0) is 23.8 Å². The second-order valence-electron chi connectivity index (χ2n) is 4.33. The van der Waals surface area contributed by atoms with E-state index in [4.69, 9.17) is 11.6 Å². The molecule has 0 spiro atoms. The van der Waals surface area contributed by atoms with Crippen LogP contribution in [0.3, 0.4) is 0 Å². The van der Waals surface area contributed by atoms with Gasteiger partial charge in [0.1, 0.15) is 5.82 Å². The summed E-state index contributed by atoms with van der Waals surface area (Å²) in [6.07, 6.45) is 0.195. The molecule has 0 aliphatic rings. The summed E-state index contributed by atoms with van der Waals surface area (Å²) in [5.74, 6) is 4.85. The molecule has 2 nitrogen and oxygen atoms in total. The average Bonchev–Trinajstić information content (AvgIpc) is 2.48. The second kappa shape index (κ2) is 7.47. The van der Waals surface area contributed by atoms with Crippen LogP contribution in [0.4, 0.5) is 4.39 Å². The molecule has 0 bridgehead atoms. The second-order valence-corrected chi connectivity index (χ2v) is 4.73. The molecule has 0 aliphatic heterocycles. The molecule has 0 unspecified atom stereocenters. The molecule has 106 valence electrons. The van der Waals surface area contributed by atoms with Crippen LogP contribution in [0.5, 0.6) is 0 Å². The van der Waals surface area contributed by atoms with Crippen molar-refractivity contribution < 1.29 is 9.18 Å². The SMILES string of the molecule is O=C(Cc1ccccc1Cl)NCC#Cc1ccccc1F. The lowest BCUT2D eigenvalue weighted by Gasteiger charge is -2.03. The Morgan fingerprint density at radius 3 is 2.62 bits per heavy atom. The lowest BCUT2D eigenvalue weighted by Crippen LogP contribution is -2.25. The Labute approximate surface area is 127 Å². The van der Waals surface area contributed by atoms with Crippen LogP contribution in [0.25, 0.3) is 0 Å². The maximum Gasteiger partial charge on any atom is 0.225 e. The van der Waals surface area contributed by atoms with Crippen molar-refractivity contribution in [2.45, 2.75) is 6.42 Å². The van der Waals surface area contributed by atoms with Crippen molar-refractivity contribution in [3.05, 3.63) is 70.5 Å². The summed E-state index contributed by atoms with van der Waals surface area (Å²) in [5.41, 5.74) is 1.08. The van der Waals surface area contributed by atoms with Gasteiger partial charge in [0.25, 0.3) is 0 Å². The highest BCUT2D eigenvalue weighted by Crippen LogP contribution is 2.15. The Kier molecular flexibility index (Phi) is 5.36. The summed E-state index contributed by atoms with van der Waals surface area (Å²) in [7, 11) is 0. The fraction of sp³-hybridized carbons (Fsp3) is 0.118. The number of rotatable bonds is 3. The fourth-order valence-corrected chi connectivity index (χ4v) is 1.92. The van der Waals surface area contributed by atoms with E-state index in [9.17, 15) is 9.18 Å². The summed E-state index contributed by atoms with van der Waals surface area (Å²) in [6, 6.07) is 13.4. The van der Waals surface area contributed by atoms with Crippen LogP contribution in [0, 0.1) is 17.7 Å². The highest BCUT2D eigenvalue weighted by molar-refractivity contribution is 6.31. The van der Waals surface area contributed by atoms with E-state index in [1.165, 1.54) is 6.07 Å². The third-order valence-corrected chi connectivity index (χ3v) is 3.15. The van der Waals surface area contributed by atoms with E-state index in [1.54, 1.807) is 30.3 Å². The number of hydrogen-bond acceptors (Lipinski definition) is 1. The maximum atomic E-state index is 13.3. The Bertz CT molecular complexity index is 703. The van der Waals surface area contributed by atoms with E-state index in [2.05, 4.69) is 17.2 Å². The van der Waals surface area contributed by atoms with E-state index in [1.807, 2.05) is 12.1 Å². The van der Waals surface area contributed by atoms with Crippen molar-refractivity contribution >= 4 is 17.5 Å². The zero-order chi connectivity index (χ0) is 15.1. The summed E-state index contributed by atoms with van der Waals surface area (Å²) >= 11 is 5.98. The Balaban J connectivity index is 1.86. The zero-order valence-corrected chi connectivity index (χ0v) is 12.0. The molecule has 0 atom stereocenters. The van der Waals surface area contributed by atoms with E-state index in [0.717, 1.165) is 5.56 Å². The van der Waals surface area contributed by atoms with Crippen molar-refractivity contribution in [2.24, 2.45) is 0 Å². The number of amides is 1. The number of carbonyl (C=O) groups excluding carboxylic acids is 1. The van der Waals surface area contributed by atoms with E-state index >= 15 is 0 Å². The Morgan fingerprint density at radius 2 is 1.86 bits per heavy atom. The van der Waals surface area contributed by atoms with E-state index in [-0.39, 0.29) is 24.7 Å². The van der Waals surface area contributed by atoms with Crippen molar-refractivity contribution in [3.8, 4) is 11.8 Å². The van der Waals surface area contributed by atoms with Crippen LogP contribution in [0.2, 0.25) is 5.02 Å². The summed E-state index contributed by atoms with van der Waals surface area (Å²) in [5, 5.41) is 3.21. The number of hydrogen-bond donors (Lipinski definition) is 1. The van der Waals surface area contributed by atoms with E-state index in [0.29, 0.717) is 10.6 Å². The molecule has 1 amide bonds. The standard InChI is InChI=1S/C17H13ClFNO/c18-15-9-3-1-7-14(15)12-17(21)20-11-5-8-13-6-2-4-10-16(13)19/h1-4,6-7,9-10H,11-12H2,(H,20,21). The Morgan fingerprint density at radius 1 is 1.14 bits per heavy atom. The van der Waals surface area contributed by atoms with Crippen LogP contribution in [0.1, 0.15) is 11.1 Å². The molecule has 0 fully saturated rings. The molecule has 0 aliphatic carbocycles. The largest absolute Gasteiger partial charge is 0.345 e. The van der Waals surface area contributed by atoms with Gasteiger partial charge in [0.2, 0.25) is 5.91 Å². The summed E-state index contributed by atoms with van der Waals surface area (Å²) in [4.78, 5) is 11.7. The van der Waals surface area contributed by atoms with Crippen molar-refractivity contribution in [3.63, 3.8) is 0 Å². The van der Waals surface area contributed by atoms with Gasteiger partial charge in [-0.2, -0.15) is 0 Å². The van der Waals surface area contributed by atoms with E-state index < -0.39 is 0 Å². The molecule has 0 radical (unpaired) electrons.